The van der Waals surface area contributed by atoms with E-state index in [1.165, 1.54) is 0 Å². The largest absolute Gasteiger partial charge is 0.377 e. The van der Waals surface area contributed by atoms with Gasteiger partial charge in [0.25, 0.3) is 0 Å². The van der Waals surface area contributed by atoms with Crippen LogP contribution in [0.4, 0.5) is 11.6 Å². The monoisotopic (exact) mass is 293 g/mol. The third-order valence-corrected chi connectivity index (χ3v) is 3.51. The van der Waals surface area contributed by atoms with Crippen molar-refractivity contribution < 1.29 is 9.53 Å². The van der Waals surface area contributed by atoms with Gasteiger partial charge in [0, 0.05) is 40.4 Å². The molecule has 1 aliphatic rings. The van der Waals surface area contributed by atoms with Gasteiger partial charge in [-0.25, -0.2) is 9.97 Å². The highest BCUT2D eigenvalue weighted by atomic mass is 16.5. The van der Waals surface area contributed by atoms with E-state index in [1.54, 1.807) is 14.2 Å². The van der Waals surface area contributed by atoms with E-state index in [0.717, 1.165) is 25.9 Å². The van der Waals surface area contributed by atoms with Crippen molar-refractivity contribution in [2.45, 2.75) is 19.4 Å². The van der Waals surface area contributed by atoms with Gasteiger partial charge >= 0.3 is 0 Å². The minimum Gasteiger partial charge on any atom is -0.377 e. The third kappa shape index (κ3) is 4.04. The Kier molecular flexibility index (Phi) is 5.32. The van der Waals surface area contributed by atoms with Gasteiger partial charge in [-0.2, -0.15) is 0 Å². The highest BCUT2D eigenvalue weighted by Gasteiger charge is 2.20. The zero-order valence-corrected chi connectivity index (χ0v) is 12.9. The number of hydrogen-bond donors (Lipinski definition) is 1. The number of ether oxygens (including phenoxy) is 1. The Hall–Kier alpha value is -1.89. The van der Waals surface area contributed by atoms with Crippen LogP contribution in [0.2, 0.25) is 0 Å². The Balaban J connectivity index is 2.08. The van der Waals surface area contributed by atoms with Crippen LogP contribution in [0.1, 0.15) is 18.7 Å². The maximum Gasteiger partial charge on any atom is 0.242 e. The summed E-state index contributed by atoms with van der Waals surface area (Å²) in [7, 11) is 5.28. The van der Waals surface area contributed by atoms with E-state index in [0.29, 0.717) is 30.6 Å². The van der Waals surface area contributed by atoms with Gasteiger partial charge < -0.3 is 19.9 Å². The fraction of sp³-hybridized carbons (Fsp3) is 0.643. The number of likely N-dealkylation sites (N-methyl/N-ethyl adjacent to an activating group) is 1. The lowest BCUT2D eigenvalue weighted by Gasteiger charge is -2.22. The zero-order valence-electron chi connectivity index (χ0n) is 12.9. The summed E-state index contributed by atoms with van der Waals surface area (Å²) in [5.74, 6) is 2.18. The molecule has 1 aromatic heterocycles. The molecule has 1 amide bonds. The van der Waals surface area contributed by atoms with Crippen LogP contribution in [-0.4, -0.2) is 61.6 Å². The molecule has 0 radical (unpaired) electrons. The van der Waals surface area contributed by atoms with E-state index in [9.17, 15) is 4.79 Å². The predicted octanol–water partition coefficient (Wildman–Crippen LogP) is 0.723. The molecule has 0 atom stereocenters. The zero-order chi connectivity index (χ0) is 15.2. The third-order valence-electron chi connectivity index (χ3n) is 3.51. The van der Waals surface area contributed by atoms with Crippen LogP contribution in [0.5, 0.6) is 0 Å². The fourth-order valence-electron chi connectivity index (χ4n) is 2.35. The molecule has 0 aromatic carbocycles. The fourth-order valence-corrected chi connectivity index (χ4v) is 2.35. The van der Waals surface area contributed by atoms with Crippen molar-refractivity contribution in [1.82, 2.24) is 14.9 Å². The lowest BCUT2D eigenvalue weighted by atomic mass is 10.4. The number of likely N-dealkylation sites (tertiary alicyclic amines) is 1. The molecule has 0 aliphatic carbocycles. The quantitative estimate of drug-likeness (QED) is 0.833. The molecule has 0 spiro atoms. The first kappa shape index (κ1) is 15.5. The molecule has 1 N–H and O–H groups in total. The molecule has 21 heavy (non-hydrogen) atoms. The average molecular weight is 293 g/mol. The lowest BCUT2D eigenvalue weighted by Crippen LogP contribution is -2.37. The van der Waals surface area contributed by atoms with E-state index in [-0.39, 0.29) is 5.91 Å². The number of methoxy groups -OCH3 is 1. The minimum atomic E-state index is 0.146. The van der Waals surface area contributed by atoms with Gasteiger partial charge in [0.1, 0.15) is 18.2 Å². The highest BCUT2D eigenvalue weighted by molar-refractivity contribution is 5.81. The molecule has 7 nitrogen and oxygen atoms in total. The van der Waals surface area contributed by atoms with Gasteiger partial charge in [0.2, 0.25) is 5.91 Å². The second-order valence-electron chi connectivity index (χ2n) is 5.15. The average Bonchev–Trinajstić information content (AvgIpc) is 3.01. The van der Waals surface area contributed by atoms with E-state index in [1.807, 2.05) is 22.9 Å². The first-order chi connectivity index (χ1) is 10.1. The summed E-state index contributed by atoms with van der Waals surface area (Å²) in [5.41, 5.74) is 0. The molecule has 0 saturated carbocycles. The van der Waals surface area contributed by atoms with Crippen molar-refractivity contribution >= 4 is 17.5 Å². The Morgan fingerprint density at radius 1 is 1.43 bits per heavy atom. The van der Waals surface area contributed by atoms with E-state index in [2.05, 4.69) is 15.3 Å². The van der Waals surface area contributed by atoms with Gasteiger partial charge in [-0.15, -0.1) is 0 Å². The Bertz CT molecular complexity index is 488. The Morgan fingerprint density at radius 2 is 2.14 bits per heavy atom. The summed E-state index contributed by atoms with van der Waals surface area (Å²) in [6.07, 6.45) is 2.20. The van der Waals surface area contributed by atoms with Gasteiger partial charge in [-0.05, 0) is 12.8 Å². The topological polar surface area (TPSA) is 70.6 Å². The highest BCUT2D eigenvalue weighted by Crippen LogP contribution is 2.16. The molecular formula is C14H23N5O2. The van der Waals surface area contributed by atoms with E-state index in [4.69, 9.17) is 4.74 Å². The number of nitrogens with one attached hydrogen (secondary N) is 1. The Morgan fingerprint density at radius 3 is 2.76 bits per heavy atom. The number of hydrogen-bond acceptors (Lipinski definition) is 6. The first-order valence-electron chi connectivity index (χ1n) is 7.17. The maximum absolute atomic E-state index is 12.2. The van der Waals surface area contributed by atoms with Crippen molar-refractivity contribution in [2.75, 3.05) is 51.1 Å². The van der Waals surface area contributed by atoms with Crippen LogP contribution in [0.3, 0.4) is 0 Å². The van der Waals surface area contributed by atoms with Crippen LogP contribution in [0.25, 0.3) is 0 Å². The predicted molar refractivity (Wildman–Crippen MR) is 81.4 cm³/mol. The van der Waals surface area contributed by atoms with Crippen LogP contribution in [0, 0.1) is 0 Å². The maximum atomic E-state index is 12.2. The summed E-state index contributed by atoms with van der Waals surface area (Å²) in [6, 6.07) is 1.83. The number of anilines is 2. The molecule has 0 bridgehead atoms. The summed E-state index contributed by atoms with van der Waals surface area (Å²) < 4.78 is 5.08. The van der Waals surface area contributed by atoms with Gasteiger partial charge in [-0.3, -0.25) is 4.79 Å². The normalized spacial score (nSPS) is 14.3. The number of amides is 1. The van der Waals surface area contributed by atoms with Gasteiger partial charge in [-0.1, -0.05) is 0 Å². The van der Waals surface area contributed by atoms with E-state index < -0.39 is 0 Å². The van der Waals surface area contributed by atoms with Crippen LogP contribution in [-0.2, 0) is 16.1 Å². The molecule has 1 fully saturated rings. The number of carbonyl (C=O) groups excluding carboxylic acids is 1. The molecule has 1 aromatic rings. The molecular weight excluding hydrogens is 270 g/mol. The molecule has 7 heteroatoms. The lowest BCUT2D eigenvalue weighted by molar-refractivity contribution is -0.128. The van der Waals surface area contributed by atoms with Crippen LogP contribution >= 0.6 is 0 Å². The second-order valence-corrected chi connectivity index (χ2v) is 5.15. The van der Waals surface area contributed by atoms with Crippen molar-refractivity contribution in [3.63, 3.8) is 0 Å². The molecule has 116 valence electrons. The molecule has 2 heterocycles. The summed E-state index contributed by atoms with van der Waals surface area (Å²) in [5, 5.41) is 3.00. The minimum absolute atomic E-state index is 0.146. The van der Waals surface area contributed by atoms with Crippen molar-refractivity contribution in [3.05, 3.63) is 11.9 Å². The Labute approximate surface area is 125 Å². The van der Waals surface area contributed by atoms with Crippen LogP contribution < -0.4 is 10.2 Å². The SMILES string of the molecule is CNc1cc(N(C)CC(=O)N2CCCC2)nc(COC)n1. The molecule has 2 rings (SSSR count). The molecule has 0 unspecified atom stereocenters. The van der Waals surface area contributed by atoms with Gasteiger partial charge in [0.15, 0.2) is 5.82 Å². The molecule has 1 aliphatic heterocycles. The van der Waals surface area contributed by atoms with Crippen LogP contribution in [0.15, 0.2) is 6.07 Å². The van der Waals surface area contributed by atoms with E-state index >= 15 is 0 Å². The molecule has 1 saturated heterocycles. The van der Waals surface area contributed by atoms with Crippen molar-refractivity contribution in [1.29, 1.82) is 0 Å². The number of carbonyl (C=O) groups is 1. The number of aromatic nitrogens is 2. The summed E-state index contributed by atoms with van der Waals surface area (Å²) >= 11 is 0. The van der Waals surface area contributed by atoms with Gasteiger partial charge in [0.05, 0.1) is 6.54 Å². The smallest absolute Gasteiger partial charge is 0.242 e. The number of nitrogens with zero attached hydrogens (tertiary/aromatic N) is 4. The first-order valence-corrected chi connectivity index (χ1v) is 7.17. The second kappa shape index (κ2) is 7.21. The summed E-state index contributed by atoms with van der Waals surface area (Å²) in [4.78, 5) is 24.7. The van der Waals surface area contributed by atoms with Crippen molar-refractivity contribution in [2.24, 2.45) is 0 Å². The summed E-state index contributed by atoms with van der Waals surface area (Å²) in [6.45, 7) is 2.41. The van der Waals surface area contributed by atoms with Crippen molar-refractivity contribution in [3.8, 4) is 0 Å². The number of rotatable bonds is 6. The standard InChI is InChI=1S/C14H23N5O2/c1-15-11-8-13(17-12(16-11)10-21-3)18(2)9-14(20)19-6-4-5-7-19/h8H,4-7,9-10H2,1-3H3,(H,15,16,17).